The number of hydrogen-bond acceptors (Lipinski definition) is 5. The third-order valence-electron chi connectivity index (χ3n) is 4.46. The normalized spacial score (nSPS) is 19.8. The van der Waals surface area contributed by atoms with Crippen molar-refractivity contribution in [3.8, 4) is 11.7 Å². The van der Waals surface area contributed by atoms with Gasteiger partial charge < -0.3 is 24.3 Å². The van der Waals surface area contributed by atoms with Gasteiger partial charge in [-0.25, -0.2) is 0 Å². The lowest BCUT2D eigenvalue weighted by Gasteiger charge is -2.42. The lowest BCUT2D eigenvalue weighted by molar-refractivity contribution is -0.148. The minimum atomic E-state index is -0.649. The Labute approximate surface area is 149 Å². The SMILES string of the molecule is O=C1NCC(=O)N2CCN(C(=O)c3ccc(Oc4ccccc4)o3)CC12. The van der Waals surface area contributed by atoms with Gasteiger partial charge in [-0.05, 0) is 18.2 Å². The van der Waals surface area contributed by atoms with Crippen LogP contribution in [0.3, 0.4) is 0 Å². The average molecular weight is 355 g/mol. The molecule has 134 valence electrons. The van der Waals surface area contributed by atoms with Crippen molar-refractivity contribution in [2.24, 2.45) is 0 Å². The largest absolute Gasteiger partial charge is 0.426 e. The lowest BCUT2D eigenvalue weighted by atomic mass is 10.1. The first-order valence-electron chi connectivity index (χ1n) is 8.31. The van der Waals surface area contributed by atoms with Crippen LogP contribution in [0.25, 0.3) is 0 Å². The number of benzene rings is 1. The van der Waals surface area contributed by atoms with E-state index in [0.29, 0.717) is 18.8 Å². The van der Waals surface area contributed by atoms with E-state index in [1.54, 1.807) is 24.3 Å². The number of furan rings is 1. The highest BCUT2D eigenvalue weighted by Crippen LogP contribution is 2.25. The molecule has 2 aliphatic rings. The van der Waals surface area contributed by atoms with Crippen molar-refractivity contribution in [2.75, 3.05) is 26.2 Å². The Kier molecular flexibility index (Phi) is 4.08. The number of rotatable bonds is 3. The summed E-state index contributed by atoms with van der Waals surface area (Å²) in [6.45, 7) is 0.842. The van der Waals surface area contributed by atoms with Crippen LogP contribution in [0.2, 0.25) is 0 Å². The molecule has 1 N–H and O–H groups in total. The van der Waals surface area contributed by atoms with E-state index in [9.17, 15) is 14.4 Å². The van der Waals surface area contributed by atoms with E-state index < -0.39 is 6.04 Å². The molecule has 1 aromatic heterocycles. The predicted molar refractivity (Wildman–Crippen MR) is 89.6 cm³/mol. The Morgan fingerprint density at radius 1 is 1.12 bits per heavy atom. The van der Waals surface area contributed by atoms with Gasteiger partial charge in [-0.1, -0.05) is 18.2 Å². The van der Waals surface area contributed by atoms with Gasteiger partial charge in [0.1, 0.15) is 11.8 Å². The quantitative estimate of drug-likeness (QED) is 0.881. The van der Waals surface area contributed by atoms with Gasteiger partial charge >= 0.3 is 0 Å². The van der Waals surface area contributed by atoms with E-state index >= 15 is 0 Å². The van der Waals surface area contributed by atoms with E-state index in [4.69, 9.17) is 9.15 Å². The molecular formula is C18H17N3O5. The Morgan fingerprint density at radius 2 is 1.92 bits per heavy atom. The highest BCUT2D eigenvalue weighted by atomic mass is 16.6. The van der Waals surface area contributed by atoms with Crippen LogP contribution in [0.1, 0.15) is 10.6 Å². The number of fused-ring (bicyclic) bond motifs is 1. The molecule has 0 spiro atoms. The zero-order chi connectivity index (χ0) is 18.1. The maximum absolute atomic E-state index is 12.7. The minimum Gasteiger partial charge on any atom is -0.426 e. The first kappa shape index (κ1) is 16.2. The van der Waals surface area contributed by atoms with Gasteiger partial charge in [-0.2, -0.15) is 0 Å². The second-order valence-corrected chi connectivity index (χ2v) is 6.11. The Hall–Kier alpha value is -3.29. The monoisotopic (exact) mass is 355 g/mol. The Balaban J connectivity index is 1.45. The molecule has 1 unspecified atom stereocenters. The second kappa shape index (κ2) is 6.55. The molecule has 8 heteroatoms. The summed E-state index contributed by atoms with van der Waals surface area (Å²) in [6, 6.07) is 11.6. The van der Waals surface area contributed by atoms with Crippen LogP contribution < -0.4 is 10.1 Å². The molecule has 2 aliphatic heterocycles. The molecule has 0 saturated carbocycles. The maximum atomic E-state index is 12.7. The number of para-hydroxylation sites is 1. The zero-order valence-electron chi connectivity index (χ0n) is 13.9. The molecule has 2 saturated heterocycles. The Bertz CT molecular complexity index is 848. The highest BCUT2D eigenvalue weighted by molar-refractivity contribution is 5.97. The maximum Gasteiger partial charge on any atom is 0.290 e. The van der Waals surface area contributed by atoms with Crippen LogP contribution in [-0.2, 0) is 9.59 Å². The van der Waals surface area contributed by atoms with Gasteiger partial charge in [-0.15, -0.1) is 0 Å². The van der Waals surface area contributed by atoms with Crippen molar-refractivity contribution in [3.63, 3.8) is 0 Å². The van der Waals surface area contributed by atoms with Crippen molar-refractivity contribution < 1.29 is 23.5 Å². The fourth-order valence-electron chi connectivity index (χ4n) is 3.12. The third-order valence-corrected chi connectivity index (χ3v) is 4.46. The minimum absolute atomic E-state index is 0.0155. The molecule has 3 heterocycles. The highest BCUT2D eigenvalue weighted by Gasteiger charge is 2.40. The van der Waals surface area contributed by atoms with Crippen LogP contribution in [0, 0.1) is 0 Å². The van der Waals surface area contributed by atoms with Gasteiger partial charge in [0.2, 0.25) is 11.8 Å². The smallest absolute Gasteiger partial charge is 0.290 e. The summed E-state index contributed by atoms with van der Waals surface area (Å²) < 4.78 is 11.1. The molecular weight excluding hydrogens is 338 g/mol. The molecule has 1 aromatic carbocycles. The van der Waals surface area contributed by atoms with Crippen LogP contribution in [0.15, 0.2) is 46.9 Å². The standard InChI is InChI=1S/C18H17N3O5/c22-15-10-19-17(23)13-11-20(8-9-21(13)15)18(24)14-6-7-16(26-14)25-12-4-2-1-3-5-12/h1-7,13H,8-11H2,(H,19,23). The average Bonchev–Trinajstić information content (AvgIpc) is 3.13. The Morgan fingerprint density at radius 3 is 2.73 bits per heavy atom. The van der Waals surface area contributed by atoms with E-state index in [0.717, 1.165) is 0 Å². The van der Waals surface area contributed by atoms with Crippen LogP contribution in [0.4, 0.5) is 0 Å². The number of ether oxygens (including phenoxy) is 1. The molecule has 0 radical (unpaired) electrons. The van der Waals surface area contributed by atoms with Crippen LogP contribution >= 0.6 is 0 Å². The van der Waals surface area contributed by atoms with Crippen LogP contribution in [0.5, 0.6) is 11.7 Å². The molecule has 4 rings (SSSR count). The molecule has 8 nitrogen and oxygen atoms in total. The van der Waals surface area contributed by atoms with Gasteiger partial charge in [0.25, 0.3) is 11.9 Å². The zero-order valence-corrected chi connectivity index (χ0v) is 13.9. The van der Waals surface area contributed by atoms with Crippen molar-refractivity contribution in [3.05, 3.63) is 48.2 Å². The van der Waals surface area contributed by atoms with E-state index in [2.05, 4.69) is 5.32 Å². The van der Waals surface area contributed by atoms with Gasteiger partial charge in [0.05, 0.1) is 13.1 Å². The first-order valence-corrected chi connectivity index (χ1v) is 8.31. The summed E-state index contributed by atoms with van der Waals surface area (Å²) >= 11 is 0. The fourth-order valence-corrected chi connectivity index (χ4v) is 3.12. The van der Waals surface area contributed by atoms with E-state index in [-0.39, 0.29) is 42.5 Å². The van der Waals surface area contributed by atoms with Gasteiger partial charge in [0, 0.05) is 19.2 Å². The summed E-state index contributed by atoms with van der Waals surface area (Å²) in [5, 5.41) is 2.55. The van der Waals surface area contributed by atoms with Crippen molar-refractivity contribution in [1.29, 1.82) is 0 Å². The van der Waals surface area contributed by atoms with Gasteiger partial charge in [-0.3, -0.25) is 14.4 Å². The summed E-state index contributed by atoms with van der Waals surface area (Å²) in [5.41, 5.74) is 0. The van der Waals surface area contributed by atoms with Gasteiger partial charge in [0.15, 0.2) is 5.76 Å². The first-order chi connectivity index (χ1) is 12.6. The van der Waals surface area contributed by atoms with E-state index in [1.165, 1.54) is 9.80 Å². The lowest BCUT2D eigenvalue weighted by Crippen LogP contribution is -2.66. The number of hydrogen-bond donors (Lipinski definition) is 1. The summed E-state index contributed by atoms with van der Waals surface area (Å²) in [4.78, 5) is 39.6. The van der Waals surface area contributed by atoms with Crippen molar-refractivity contribution >= 4 is 17.7 Å². The molecule has 3 amide bonds. The number of piperazine rings is 2. The third kappa shape index (κ3) is 3.01. The molecule has 0 bridgehead atoms. The summed E-state index contributed by atoms with van der Waals surface area (Å²) in [6.07, 6.45) is 0. The molecule has 1 atom stereocenters. The summed E-state index contributed by atoms with van der Waals surface area (Å²) in [5.74, 6) is 0.244. The topological polar surface area (TPSA) is 92.1 Å². The number of carbonyl (C=O) groups is 3. The number of carbonyl (C=O) groups excluding carboxylic acids is 3. The summed E-state index contributed by atoms with van der Waals surface area (Å²) in [7, 11) is 0. The number of amides is 3. The van der Waals surface area contributed by atoms with Crippen molar-refractivity contribution in [2.45, 2.75) is 6.04 Å². The van der Waals surface area contributed by atoms with Crippen LogP contribution in [-0.4, -0.2) is 59.7 Å². The number of nitrogens with zero attached hydrogens (tertiary/aromatic N) is 2. The fraction of sp³-hybridized carbons (Fsp3) is 0.278. The molecule has 2 fully saturated rings. The number of nitrogens with one attached hydrogen (secondary N) is 1. The molecule has 0 aliphatic carbocycles. The predicted octanol–water partition coefficient (Wildman–Crippen LogP) is 0.855. The molecule has 2 aromatic rings. The second-order valence-electron chi connectivity index (χ2n) is 6.11. The van der Waals surface area contributed by atoms with Crippen molar-refractivity contribution in [1.82, 2.24) is 15.1 Å². The van der Waals surface area contributed by atoms with E-state index in [1.807, 2.05) is 18.2 Å². The molecule has 26 heavy (non-hydrogen) atoms.